The summed E-state index contributed by atoms with van der Waals surface area (Å²) in [6, 6.07) is 16.2. The summed E-state index contributed by atoms with van der Waals surface area (Å²) < 4.78 is 0. The van der Waals surface area contributed by atoms with Crippen LogP contribution >= 0.6 is 0 Å². The molecule has 29 heavy (non-hydrogen) atoms. The van der Waals surface area contributed by atoms with Crippen molar-refractivity contribution >= 4 is 11.9 Å². The van der Waals surface area contributed by atoms with Gasteiger partial charge < -0.3 is 4.90 Å². The molecule has 0 bridgehead atoms. The first-order chi connectivity index (χ1) is 14.1. The lowest BCUT2D eigenvalue weighted by atomic mass is 9.77. The van der Waals surface area contributed by atoms with E-state index in [4.69, 9.17) is 0 Å². The molecule has 142 valence electrons. The Morgan fingerprint density at radius 1 is 1.03 bits per heavy atom. The van der Waals surface area contributed by atoms with Crippen molar-refractivity contribution in [3.8, 4) is 6.07 Å². The normalized spacial score (nSPS) is 13.8. The predicted octanol–water partition coefficient (Wildman–Crippen LogP) is 2.39. The van der Waals surface area contributed by atoms with Crippen molar-refractivity contribution in [1.82, 2.24) is 20.2 Å². The van der Waals surface area contributed by atoms with Crippen LogP contribution in [0.15, 0.2) is 73.3 Å². The van der Waals surface area contributed by atoms with Crippen molar-refractivity contribution in [3.63, 3.8) is 0 Å². The zero-order chi connectivity index (χ0) is 20.3. The van der Waals surface area contributed by atoms with Crippen molar-refractivity contribution in [2.45, 2.75) is 12.0 Å². The maximum atomic E-state index is 12.8. The predicted molar refractivity (Wildman–Crippen MR) is 104 cm³/mol. The summed E-state index contributed by atoms with van der Waals surface area (Å²) in [5, 5.41) is 11.7. The fourth-order valence-electron chi connectivity index (χ4n) is 3.79. The summed E-state index contributed by atoms with van der Waals surface area (Å²) in [5.41, 5.74) is 1.85. The van der Waals surface area contributed by atoms with Gasteiger partial charge in [-0.3, -0.25) is 20.1 Å². The highest BCUT2D eigenvalue weighted by Crippen LogP contribution is 2.40. The topological polar surface area (TPSA) is 99.0 Å². The number of nitrogens with one attached hydrogen (secondary N) is 1. The minimum Gasteiger partial charge on any atom is -0.301 e. The maximum absolute atomic E-state index is 12.8. The number of carbonyl (C=O) groups excluding carboxylic acids is 2. The molecule has 0 aliphatic carbocycles. The zero-order valence-corrected chi connectivity index (χ0v) is 15.4. The molecule has 3 amide bonds. The summed E-state index contributed by atoms with van der Waals surface area (Å²) in [4.78, 5) is 34.9. The molecule has 0 atom stereocenters. The van der Waals surface area contributed by atoms with E-state index < -0.39 is 11.6 Å². The number of nitrogens with zero attached hydrogens (tertiary/aromatic N) is 4. The fraction of sp³-hybridized carbons (Fsp3) is 0.136. The molecular formula is C22H17N5O2. The van der Waals surface area contributed by atoms with Crippen molar-refractivity contribution in [3.05, 3.63) is 95.6 Å². The van der Waals surface area contributed by atoms with Crippen LogP contribution in [0, 0.1) is 11.3 Å². The lowest BCUT2D eigenvalue weighted by Gasteiger charge is -2.41. The third kappa shape index (κ3) is 3.32. The van der Waals surface area contributed by atoms with E-state index in [1.54, 1.807) is 55.1 Å². The van der Waals surface area contributed by atoms with E-state index in [1.807, 2.05) is 18.2 Å². The summed E-state index contributed by atoms with van der Waals surface area (Å²) >= 11 is 0. The van der Waals surface area contributed by atoms with Gasteiger partial charge in [0.25, 0.3) is 0 Å². The molecule has 4 rings (SSSR count). The van der Waals surface area contributed by atoms with Gasteiger partial charge in [0, 0.05) is 42.3 Å². The number of rotatable bonds is 5. The van der Waals surface area contributed by atoms with Gasteiger partial charge >= 0.3 is 6.03 Å². The van der Waals surface area contributed by atoms with E-state index in [0.29, 0.717) is 12.0 Å². The van der Waals surface area contributed by atoms with Gasteiger partial charge in [-0.2, -0.15) is 5.26 Å². The zero-order valence-electron chi connectivity index (χ0n) is 15.4. The molecule has 1 saturated heterocycles. The first-order valence-electron chi connectivity index (χ1n) is 9.05. The molecule has 0 radical (unpaired) electrons. The van der Waals surface area contributed by atoms with Crippen LogP contribution in [0.2, 0.25) is 0 Å². The molecule has 0 unspecified atom stereocenters. The number of nitriles is 1. The smallest absolute Gasteiger partial charge is 0.301 e. The summed E-state index contributed by atoms with van der Waals surface area (Å²) in [7, 11) is 0. The Morgan fingerprint density at radius 3 is 2.24 bits per heavy atom. The lowest BCUT2D eigenvalue weighted by Crippen LogP contribution is -2.50. The minimum atomic E-state index is -1.02. The van der Waals surface area contributed by atoms with Gasteiger partial charge in [0.1, 0.15) is 12.1 Å². The quantitative estimate of drug-likeness (QED) is 0.682. The standard InChI is InChI=1S/C22H17N5O2/c23-12-17-5-1-4-16(10-17)11-22(18-6-2-8-24-13-18,19-7-3-9-25-14-19)27-15-20(28)26-21(27)29/h1-10,13-14H,11,15H2,(H,26,28,29). The van der Waals surface area contributed by atoms with Crippen LogP contribution in [0.3, 0.4) is 0 Å². The molecule has 3 heterocycles. The highest BCUT2D eigenvalue weighted by molar-refractivity contribution is 6.02. The molecular weight excluding hydrogens is 366 g/mol. The Hall–Kier alpha value is -4.05. The Balaban J connectivity index is 1.96. The average Bonchev–Trinajstić information content (AvgIpc) is 3.11. The third-order valence-electron chi connectivity index (χ3n) is 5.05. The van der Waals surface area contributed by atoms with E-state index in [9.17, 15) is 14.9 Å². The van der Waals surface area contributed by atoms with Crippen LogP contribution in [-0.2, 0) is 16.8 Å². The molecule has 3 aromatic rings. The van der Waals surface area contributed by atoms with Crippen LogP contribution in [0.25, 0.3) is 0 Å². The number of benzene rings is 1. The highest BCUT2D eigenvalue weighted by atomic mass is 16.2. The molecule has 2 aromatic heterocycles. The van der Waals surface area contributed by atoms with Crippen LogP contribution in [-0.4, -0.2) is 33.4 Å². The highest BCUT2D eigenvalue weighted by Gasteiger charge is 2.47. The van der Waals surface area contributed by atoms with Gasteiger partial charge in [0.05, 0.1) is 11.6 Å². The van der Waals surface area contributed by atoms with Crippen LogP contribution < -0.4 is 5.32 Å². The Labute approximate surface area is 167 Å². The largest absolute Gasteiger partial charge is 0.325 e. The number of amides is 3. The minimum absolute atomic E-state index is 0.0828. The van der Waals surface area contributed by atoms with E-state index in [0.717, 1.165) is 16.7 Å². The van der Waals surface area contributed by atoms with Gasteiger partial charge in [-0.25, -0.2) is 4.79 Å². The van der Waals surface area contributed by atoms with Crippen molar-refractivity contribution in [1.29, 1.82) is 5.26 Å². The molecule has 7 heteroatoms. The summed E-state index contributed by atoms with van der Waals surface area (Å²) in [5.74, 6) is -0.363. The monoisotopic (exact) mass is 383 g/mol. The molecule has 7 nitrogen and oxygen atoms in total. The molecule has 1 aliphatic rings. The van der Waals surface area contributed by atoms with Crippen molar-refractivity contribution < 1.29 is 9.59 Å². The second kappa shape index (κ2) is 7.52. The van der Waals surface area contributed by atoms with Gasteiger partial charge in [0.2, 0.25) is 5.91 Å². The fourth-order valence-corrected chi connectivity index (χ4v) is 3.79. The Bertz CT molecular complexity index is 1050. The number of pyridine rings is 2. The molecule has 0 spiro atoms. The Morgan fingerprint density at radius 2 is 1.72 bits per heavy atom. The molecule has 1 N–H and O–H groups in total. The SMILES string of the molecule is N#Cc1cccc(CC(c2cccnc2)(c2cccnc2)N2CC(=O)NC2=O)c1. The van der Waals surface area contributed by atoms with Crippen LogP contribution in [0.5, 0.6) is 0 Å². The van der Waals surface area contributed by atoms with E-state index in [1.165, 1.54) is 4.90 Å². The van der Waals surface area contributed by atoms with Gasteiger partial charge in [-0.05, 0) is 29.8 Å². The lowest BCUT2D eigenvalue weighted by molar-refractivity contribution is -0.118. The summed E-state index contributed by atoms with van der Waals surface area (Å²) in [6.45, 7) is -0.0828. The number of hydrogen-bond acceptors (Lipinski definition) is 5. The third-order valence-corrected chi connectivity index (χ3v) is 5.05. The van der Waals surface area contributed by atoms with Gasteiger partial charge in [-0.15, -0.1) is 0 Å². The number of imide groups is 1. The number of aromatic nitrogens is 2. The van der Waals surface area contributed by atoms with E-state index in [2.05, 4.69) is 21.4 Å². The van der Waals surface area contributed by atoms with Crippen LogP contribution in [0.4, 0.5) is 4.79 Å². The Kier molecular flexibility index (Phi) is 4.75. The van der Waals surface area contributed by atoms with Crippen molar-refractivity contribution in [2.24, 2.45) is 0 Å². The molecule has 1 fully saturated rings. The second-order valence-electron chi connectivity index (χ2n) is 6.77. The number of hydrogen-bond donors (Lipinski definition) is 1. The van der Waals surface area contributed by atoms with Gasteiger partial charge in [0.15, 0.2) is 0 Å². The maximum Gasteiger partial charge on any atom is 0.325 e. The van der Waals surface area contributed by atoms with Crippen LogP contribution in [0.1, 0.15) is 22.3 Å². The number of urea groups is 1. The molecule has 1 aromatic carbocycles. The second-order valence-corrected chi connectivity index (χ2v) is 6.77. The molecule has 1 aliphatic heterocycles. The number of carbonyl (C=O) groups is 2. The summed E-state index contributed by atoms with van der Waals surface area (Å²) in [6.07, 6.45) is 7.04. The van der Waals surface area contributed by atoms with Crippen molar-refractivity contribution in [2.75, 3.05) is 6.54 Å². The first kappa shape index (κ1) is 18.3. The van der Waals surface area contributed by atoms with E-state index in [-0.39, 0.29) is 12.5 Å². The average molecular weight is 383 g/mol. The first-order valence-corrected chi connectivity index (χ1v) is 9.05. The molecule has 0 saturated carbocycles. The van der Waals surface area contributed by atoms with Gasteiger partial charge in [-0.1, -0.05) is 24.3 Å². The van der Waals surface area contributed by atoms with E-state index >= 15 is 0 Å².